The minimum absolute atomic E-state index is 0.147. The number of rotatable bonds is 3. The number of amides is 1. The molecule has 4 rings (SSSR count). The maximum Gasteiger partial charge on any atom is 0.255 e. The van der Waals surface area contributed by atoms with Gasteiger partial charge in [0.15, 0.2) is 11.5 Å². The Hall–Kier alpha value is -2.73. The molecule has 28 heavy (non-hydrogen) atoms. The van der Waals surface area contributed by atoms with Crippen molar-refractivity contribution in [1.29, 1.82) is 0 Å². The van der Waals surface area contributed by atoms with Crippen LogP contribution < -0.4 is 19.7 Å². The van der Waals surface area contributed by atoms with Gasteiger partial charge in [-0.1, -0.05) is 0 Å². The van der Waals surface area contributed by atoms with Crippen LogP contribution in [0.25, 0.3) is 0 Å². The molecular formula is C22H27N3O3. The molecule has 0 aromatic heterocycles. The zero-order chi connectivity index (χ0) is 19.5. The number of benzene rings is 2. The van der Waals surface area contributed by atoms with E-state index >= 15 is 0 Å². The quantitative estimate of drug-likeness (QED) is 0.885. The molecule has 0 aliphatic carbocycles. The van der Waals surface area contributed by atoms with E-state index in [2.05, 4.69) is 34.3 Å². The van der Waals surface area contributed by atoms with Gasteiger partial charge in [-0.2, -0.15) is 0 Å². The van der Waals surface area contributed by atoms with E-state index in [9.17, 15) is 4.79 Å². The number of carbonyl (C=O) groups is 1. The highest BCUT2D eigenvalue weighted by atomic mass is 16.5. The molecule has 2 heterocycles. The van der Waals surface area contributed by atoms with Crippen LogP contribution in [0.15, 0.2) is 36.4 Å². The Kier molecular flexibility index (Phi) is 5.39. The summed E-state index contributed by atoms with van der Waals surface area (Å²) >= 11 is 0. The predicted octanol–water partition coefficient (Wildman–Crippen LogP) is 3.16. The van der Waals surface area contributed by atoms with Crippen LogP contribution in [-0.2, 0) is 0 Å². The summed E-state index contributed by atoms with van der Waals surface area (Å²) in [5.41, 5.74) is 3.65. The smallest absolute Gasteiger partial charge is 0.255 e. The Bertz CT molecular complexity index is 860. The van der Waals surface area contributed by atoms with Gasteiger partial charge in [0, 0.05) is 49.5 Å². The summed E-state index contributed by atoms with van der Waals surface area (Å²) in [6, 6.07) is 11.6. The molecule has 0 spiro atoms. The molecule has 2 aliphatic heterocycles. The van der Waals surface area contributed by atoms with Crippen LogP contribution >= 0.6 is 0 Å². The number of fused-ring (bicyclic) bond motifs is 1. The van der Waals surface area contributed by atoms with Crippen LogP contribution in [0.2, 0.25) is 0 Å². The van der Waals surface area contributed by atoms with E-state index in [1.54, 1.807) is 18.2 Å². The predicted molar refractivity (Wildman–Crippen MR) is 111 cm³/mol. The molecule has 2 aromatic carbocycles. The van der Waals surface area contributed by atoms with E-state index in [-0.39, 0.29) is 5.91 Å². The lowest BCUT2D eigenvalue weighted by molar-refractivity contribution is 0.102. The summed E-state index contributed by atoms with van der Waals surface area (Å²) in [4.78, 5) is 17.5. The molecule has 0 bridgehead atoms. The third kappa shape index (κ3) is 4.07. The summed E-state index contributed by atoms with van der Waals surface area (Å²) in [5, 5.41) is 3.02. The fourth-order valence-corrected chi connectivity index (χ4v) is 3.55. The summed E-state index contributed by atoms with van der Waals surface area (Å²) in [6.45, 7) is 7.46. The maximum absolute atomic E-state index is 12.7. The van der Waals surface area contributed by atoms with Crippen LogP contribution in [0.4, 0.5) is 11.4 Å². The first-order valence-corrected chi connectivity index (χ1v) is 9.85. The fourth-order valence-electron chi connectivity index (χ4n) is 3.55. The summed E-state index contributed by atoms with van der Waals surface area (Å²) in [5.74, 6) is 1.18. The Labute approximate surface area is 166 Å². The number of likely N-dealkylation sites (N-methyl/N-ethyl adjacent to an activating group) is 1. The minimum atomic E-state index is -0.147. The number of anilines is 2. The first-order valence-electron chi connectivity index (χ1n) is 9.85. The average Bonchev–Trinajstić information content (AvgIpc) is 2.95. The third-order valence-corrected chi connectivity index (χ3v) is 5.34. The zero-order valence-corrected chi connectivity index (χ0v) is 16.5. The lowest BCUT2D eigenvalue weighted by Gasteiger charge is -2.34. The average molecular weight is 381 g/mol. The second-order valence-corrected chi connectivity index (χ2v) is 7.46. The van der Waals surface area contributed by atoms with Gasteiger partial charge in [0.25, 0.3) is 5.91 Å². The van der Waals surface area contributed by atoms with Crippen molar-refractivity contribution in [3.8, 4) is 11.5 Å². The van der Waals surface area contributed by atoms with E-state index in [0.717, 1.165) is 43.9 Å². The van der Waals surface area contributed by atoms with Crippen LogP contribution in [0.3, 0.4) is 0 Å². The number of piperazine rings is 1. The second kappa shape index (κ2) is 8.10. The maximum atomic E-state index is 12.7. The monoisotopic (exact) mass is 381 g/mol. The molecule has 0 saturated carbocycles. The number of aryl methyl sites for hydroxylation is 1. The second-order valence-electron chi connectivity index (χ2n) is 7.46. The molecule has 2 aromatic rings. The Morgan fingerprint density at radius 3 is 2.46 bits per heavy atom. The van der Waals surface area contributed by atoms with Crippen molar-refractivity contribution >= 4 is 17.3 Å². The zero-order valence-electron chi connectivity index (χ0n) is 16.5. The lowest BCUT2D eigenvalue weighted by Crippen LogP contribution is -2.44. The molecule has 0 atom stereocenters. The van der Waals surface area contributed by atoms with Crippen molar-refractivity contribution in [3.63, 3.8) is 0 Å². The summed E-state index contributed by atoms with van der Waals surface area (Å²) in [6.07, 6.45) is 0.842. The third-order valence-electron chi connectivity index (χ3n) is 5.34. The molecule has 1 amide bonds. The van der Waals surface area contributed by atoms with Gasteiger partial charge in [0.2, 0.25) is 0 Å². The lowest BCUT2D eigenvalue weighted by atomic mass is 10.1. The van der Waals surface area contributed by atoms with Crippen LogP contribution in [0.5, 0.6) is 11.5 Å². The molecule has 1 N–H and O–H groups in total. The molecule has 1 fully saturated rings. The molecule has 6 heteroatoms. The van der Waals surface area contributed by atoms with Crippen LogP contribution in [0.1, 0.15) is 22.3 Å². The highest BCUT2D eigenvalue weighted by Crippen LogP contribution is 2.31. The van der Waals surface area contributed by atoms with Crippen molar-refractivity contribution in [2.24, 2.45) is 0 Å². The van der Waals surface area contributed by atoms with Gasteiger partial charge in [-0.05, 0) is 55.9 Å². The standard InChI is InChI=1S/C22H27N3O3/c1-16-14-18(25-10-8-24(2)9-11-25)5-6-19(16)23-22(26)17-4-7-20-21(15-17)28-13-3-12-27-20/h4-7,14-15H,3,8-13H2,1-2H3,(H,23,26). The number of carbonyl (C=O) groups excluding carboxylic acids is 1. The van der Waals surface area contributed by atoms with Crippen molar-refractivity contribution in [2.75, 3.05) is 56.7 Å². The summed E-state index contributed by atoms with van der Waals surface area (Å²) in [7, 11) is 2.15. The SMILES string of the molecule is Cc1cc(N2CCN(C)CC2)ccc1NC(=O)c1ccc2c(c1)OCCCO2. The highest BCUT2D eigenvalue weighted by Gasteiger charge is 2.17. The van der Waals surface area contributed by atoms with E-state index < -0.39 is 0 Å². The summed E-state index contributed by atoms with van der Waals surface area (Å²) < 4.78 is 11.3. The van der Waals surface area contributed by atoms with Gasteiger partial charge in [-0.25, -0.2) is 0 Å². The number of nitrogens with zero attached hydrogens (tertiary/aromatic N) is 2. The van der Waals surface area contributed by atoms with Gasteiger partial charge >= 0.3 is 0 Å². The normalized spacial score (nSPS) is 17.1. The largest absolute Gasteiger partial charge is 0.490 e. The van der Waals surface area contributed by atoms with Crippen LogP contribution in [0, 0.1) is 6.92 Å². The van der Waals surface area contributed by atoms with Crippen LogP contribution in [-0.4, -0.2) is 57.2 Å². The van der Waals surface area contributed by atoms with E-state index in [1.807, 2.05) is 13.0 Å². The van der Waals surface area contributed by atoms with E-state index in [4.69, 9.17) is 9.47 Å². The van der Waals surface area contributed by atoms with Gasteiger partial charge in [-0.3, -0.25) is 4.79 Å². The first kappa shape index (κ1) is 18.6. The van der Waals surface area contributed by atoms with Crippen molar-refractivity contribution in [1.82, 2.24) is 4.90 Å². The van der Waals surface area contributed by atoms with Crippen molar-refractivity contribution < 1.29 is 14.3 Å². The molecule has 1 saturated heterocycles. The molecule has 148 valence electrons. The molecular weight excluding hydrogens is 354 g/mol. The number of ether oxygens (including phenoxy) is 2. The molecule has 0 unspecified atom stereocenters. The van der Waals surface area contributed by atoms with Gasteiger partial charge in [-0.15, -0.1) is 0 Å². The van der Waals surface area contributed by atoms with E-state index in [1.165, 1.54) is 5.69 Å². The van der Waals surface area contributed by atoms with Gasteiger partial charge < -0.3 is 24.6 Å². The highest BCUT2D eigenvalue weighted by molar-refractivity contribution is 6.05. The number of nitrogens with one attached hydrogen (secondary N) is 1. The molecule has 6 nitrogen and oxygen atoms in total. The Morgan fingerprint density at radius 1 is 0.964 bits per heavy atom. The topological polar surface area (TPSA) is 54.0 Å². The van der Waals surface area contributed by atoms with Crippen molar-refractivity contribution in [3.05, 3.63) is 47.5 Å². The number of hydrogen-bond donors (Lipinski definition) is 1. The van der Waals surface area contributed by atoms with Crippen molar-refractivity contribution in [2.45, 2.75) is 13.3 Å². The fraction of sp³-hybridized carbons (Fsp3) is 0.409. The minimum Gasteiger partial charge on any atom is -0.490 e. The Balaban J connectivity index is 1.46. The van der Waals surface area contributed by atoms with E-state index in [0.29, 0.717) is 30.3 Å². The van der Waals surface area contributed by atoms with Gasteiger partial charge in [0.05, 0.1) is 13.2 Å². The van der Waals surface area contributed by atoms with Gasteiger partial charge in [0.1, 0.15) is 0 Å². The Morgan fingerprint density at radius 2 is 1.71 bits per heavy atom. The molecule has 2 aliphatic rings. The number of hydrogen-bond acceptors (Lipinski definition) is 5. The molecule has 0 radical (unpaired) electrons. The first-order chi connectivity index (χ1) is 13.6.